The number of piperazine rings is 1. The van der Waals surface area contributed by atoms with Crippen LogP contribution in [-0.4, -0.2) is 35.8 Å². The standard InChI is InChI=1S/C14H24N2O2/c1-3-6-11-13(18)16(9-12(17)15-11)10-14(2)7-4-5-8-14/h11H,3-10H2,1-2H3,(H,15,17). The summed E-state index contributed by atoms with van der Waals surface area (Å²) in [5.74, 6) is 0.110. The van der Waals surface area contributed by atoms with Crippen LogP contribution >= 0.6 is 0 Å². The van der Waals surface area contributed by atoms with Crippen molar-refractivity contribution in [2.24, 2.45) is 5.41 Å². The number of rotatable bonds is 4. The zero-order valence-corrected chi connectivity index (χ0v) is 11.5. The predicted molar refractivity (Wildman–Crippen MR) is 70.0 cm³/mol. The minimum absolute atomic E-state index is 0.00496. The first-order valence-electron chi connectivity index (χ1n) is 7.12. The van der Waals surface area contributed by atoms with E-state index in [9.17, 15) is 9.59 Å². The average Bonchev–Trinajstić information content (AvgIpc) is 2.72. The molecule has 1 N–H and O–H groups in total. The number of amides is 2. The van der Waals surface area contributed by atoms with E-state index in [4.69, 9.17) is 0 Å². The summed E-state index contributed by atoms with van der Waals surface area (Å²) in [6, 6.07) is -0.291. The van der Waals surface area contributed by atoms with Crippen LogP contribution in [0.1, 0.15) is 52.4 Å². The van der Waals surface area contributed by atoms with Crippen LogP contribution in [0.25, 0.3) is 0 Å². The van der Waals surface area contributed by atoms with Crippen LogP contribution in [0.15, 0.2) is 0 Å². The van der Waals surface area contributed by atoms with Crippen LogP contribution in [0.3, 0.4) is 0 Å². The number of nitrogens with one attached hydrogen (secondary N) is 1. The summed E-state index contributed by atoms with van der Waals surface area (Å²) in [4.78, 5) is 25.8. The SMILES string of the molecule is CCCC1NC(=O)CN(CC2(C)CCCC2)C1=O. The van der Waals surface area contributed by atoms with E-state index in [1.54, 1.807) is 4.90 Å². The highest BCUT2D eigenvalue weighted by molar-refractivity contribution is 5.94. The molecule has 4 heteroatoms. The molecule has 0 spiro atoms. The molecule has 0 radical (unpaired) electrons. The minimum atomic E-state index is -0.291. The first kappa shape index (κ1) is 13.4. The Morgan fingerprint density at radius 2 is 2.00 bits per heavy atom. The van der Waals surface area contributed by atoms with E-state index in [1.807, 2.05) is 6.92 Å². The van der Waals surface area contributed by atoms with Gasteiger partial charge in [0.25, 0.3) is 0 Å². The normalized spacial score (nSPS) is 27.4. The molecule has 0 aromatic rings. The van der Waals surface area contributed by atoms with Gasteiger partial charge >= 0.3 is 0 Å². The molecular formula is C14H24N2O2. The van der Waals surface area contributed by atoms with Crippen LogP contribution in [0, 0.1) is 5.41 Å². The predicted octanol–water partition coefficient (Wildman–Crippen LogP) is 1.69. The van der Waals surface area contributed by atoms with Gasteiger partial charge in [-0.2, -0.15) is 0 Å². The summed E-state index contributed by atoms with van der Waals surface area (Å²) in [6.45, 7) is 5.28. The smallest absolute Gasteiger partial charge is 0.245 e. The lowest BCUT2D eigenvalue weighted by molar-refractivity contribution is -0.145. The first-order valence-corrected chi connectivity index (χ1v) is 7.12. The van der Waals surface area contributed by atoms with Crippen LogP contribution in [0.5, 0.6) is 0 Å². The molecule has 1 saturated heterocycles. The maximum absolute atomic E-state index is 12.3. The van der Waals surface area contributed by atoms with Gasteiger partial charge in [-0.05, 0) is 24.7 Å². The van der Waals surface area contributed by atoms with Crippen LogP contribution in [0.4, 0.5) is 0 Å². The molecule has 0 aromatic heterocycles. The summed E-state index contributed by atoms with van der Waals surface area (Å²) in [5, 5.41) is 2.80. The van der Waals surface area contributed by atoms with Crippen molar-refractivity contribution >= 4 is 11.8 Å². The molecule has 1 atom stereocenters. The number of hydrogen-bond donors (Lipinski definition) is 1. The Balaban J connectivity index is 2.02. The summed E-state index contributed by atoms with van der Waals surface area (Å²) >= 11 is 0. The summed E-state index contributed by atoms with van der Waals surface area (Å²) < 4.78 is 0. The Labute approximate surface area is 109 Å². The zero-order chi connectivity index (χ0) is 13.2. The highest BCUT2D eigenvalue weighted by atomic mass is 16.2. The molecule has 1 aliphatic heterocycles. The largest absolute Gasteiger partial charge is 0.343 e. The van der Waals surface area contributed by atoms with Crippen molar-refractivity contribution in [3.8, 4) is 0 Å². The molecule has 1 aliphatic carbocycles. The quantitative estimate of drug-likeness (QED) is 0.828. The van der Waals surface area contributed by atoms with Crippen molar-refractivity contribution in [3.05, 3.63) is 0 Å². The third kappa shape index (κ3) is 2.85. The maximum atomic E-state index is 12.3. The van der Waals surface area contributed by atoms with Gasteiger partial charge in [0.1, 0.15) is 6.04 Å². The van der Waals surface area contributed by atoms with Gasteiger partial charge in [-0.25, -0.2) is 0 Å². The van der Waals surface area contributed by atoms with Gasteiger partial charge in [0.2, 0.25) is 11.8 Å². The van der Waals surface area contributed by atoms with E-state index < -0.39 is 0 Å². The highest BCUT2D eigenvalue weighted by Gasteiger charge is 2.37. The van der Waals surface area contributed by atoms with Gasteiger partial charge in [0, 0.05) is 6.54 Å². The maximum Gasteiger partial charge on any atom is 0.245 e. The van der Waals surface area contributed by atoms with Gasteiger partial charge in [0.05, 0.1) is 6.54 Å². The van der Waals surface area contributed by atoms with E-state index in [1.165, 1.54) is 25.7 Å². The second kappa shape index (κ2) is 5.29. The Morgan fingerprint density at radius 3 is 2.61 bits per heavy atom. The van der Waals surface area contributed by atoms with E-state index in [-0.39, 0.29) is 29.8 Å². The fraction of sp³-hybridized carbons (Fsp3) is 0.857. The molecule has 2 amide bonds. The average molecular weight is 252 g/mol. The summed E-state index contributed by atoms with van der Waals surface area (Å²) in [6.07, 6.45) is 6.53. The van der Waals surface area contributed by atoms with Gasteiger partial charge in [-0.15, -0.1) is 0 Å². The number of hydrogen-bond acceptors (Lipinski definition) is 2. The zero-order valence-electron chi connectivity index (χ0n) is 11.5. The number of nitrogens with zero attached hydrogens (tertiary/aromatic N) is 1. The molecule has 2 fully saturated rings. The highest BCUT2D eigenvalue weighted by Crippen LogP contribution is 2.38. The van der Waals surface area contributed by atoms with Crippen molar-refractivity contribution in [2.45, 2.75) is 58.4 Å². The van der Waals surface area contributed by atoms with Crippen molar-refractivity contribution < 1.29 is 9.59 Å². The van der Waals surface area contributed by atoms with E-state index in [2.05, 4.69) is 12.2 Å². The molecule has 102 valence electrons. The van der Waals surface area contributed by atoms with E-state index in [0.717, 1.165) is 19.4 Å². The van der Waals surface area contributed by atoms with Crippen molar-refractivity contribution in [1.29, 1.82) is 0 Å². The van der Waals surface area contributed by atoms with E-state index >= 15 is 0 Å². The van der Waals surface area contributed by atoms with Crippen molar-refractivity contribution in [1.82, 2.24) is 10.2 Å². The Kier molecular flexibility index (Phi) is 3.93. The van der Waals surface area contributed by atoms with Crippen LogP contribution in [0.2, 0.25) is 0 Å². The second-order valence-corrected chi connectivity index (χ2v) is 6.12. The molecule has 2 rings (SSSR count). The molecular weight excluding hydrogens is 228 g/mol. The summed E-state index contributed by atoms with van der Waals surface area (Å²) in [5.41, 5.74) is 0.226. The molecule has 18 heavy (non-hydrogen) atoms. The molecule has 0 aromatic carbocycles. The van der Waals surface area contributed by atoms with Gasteiger partial charge in [-0.3, -0.25) is 9.59 Å². The lowest BCUT2D eigenvalue weighted by Crippen LogP contribution is -2.59. The molecule has 0 bridgehead atoms. The van der Waals surface area contributed by atoms with Crippen molar-refractivity contribution in [2.75, 3.05) is 13.1 Å². The van der Waals surface area contributed by atoms with Crippen molar-refractivity contribution in [3.63, 3.8) is 0 Å². The number of carbonyl (C=O) groups excluding carboxylic acids is 2. The third-order valence-corrected chi connectivity index (χ3v) is 4.24. The molecule has 1 heterocycles. The first-order chi connectivity index (χ1) is 8.54. The summed E-state index contributed by atoms with van der Waals surface area (Å²) in [7, 11) is 0. The minimum Gasteiger partial charge on any atom is -0.343 e. The Bertz CT molecular complexity index is 335. The molecule has 4 nitrogen and oxygen atoms in total. The number of carbonyl (C=O) groups is 2. The lowest BCUT2D eigenvalue weighted by Gasteiger charge is -2.37. The van der Waals surface area contributed by atoms with Gasteiger partial charge in [-0.1, -0.05) is 33.1 Å². The fourth-order valence-corrected chi connectivity index (χ4v) is 3.24. The molecule has 1 saturated carbocycles. The third-order valence-electron chi connectivity index (χ3n) is 4.24. The fourth-order valence-electron chi connectivity index (χ4n) is 3.24. The topological polar surface area (TPSA) is 49.4 Å². The van der Waals surface area contributed by atoms with Crippen LogP contribution in [-0.2, 0) is 9.59 Å². The molecule has 2 aliphatic rings. The van der Waals surface area contributed by atoms with E-state index in [0.29, 0.717) is 0 Å². The Morgan fingerprint density at radius 1 is 1.33 bits per heavy atom. The monoisotopic (exact) mass is 252 g/mol. The van der Waals surface area contributed by atoms with Gasteiger partial charge in [0.15, 0.2) is 0 Å². The van der Waals surface area contributed by atoms with Gasteiger partial charge < -0.3 is 10.2 Å². The lowest BCUT2D eigenvalue weighted by atomic mass is 9.87. The van der Waals surface area contributed by atoms with Crippen LogP contribution < -0.4 is 5.32 Å². The second-order valence-electron chi connectivity index (χ2n) is 6.12. The molecule has 1 unspecified atom stereocenters. The Hall–Kier alpha value is -1.06.